The molecule has 4 rings (SSSR count). The van der Waals surface area contributed by atoms with Crippen molar-refractivity contribution in [3.05, 3.63) is 53.2 Å². The van der Waals surface area contributed by atoms with E-state index >= 15 is 0 Å². The summed E-state index contributed by atoms with van der Waals surface area (Å²) in [5, 5.41) is 8.97. The predicted molar refractivity (Wildman–Crippen MR) is 117 cm³/mol. The summed E-state index contributed by atoms with van der Waals surface area (Å²) < 4.78 is 10.3. The highest BCUT2D eigenvalue weighted by Crippen LogP contribution is 2.24. The molecule has 2 aromatic heterocycles. The van der Waals surface area contributed by atoms with Crippen molar-refractivity contribution >= 4 is 28.9 Å². The molecule has 0 spiro atoms. The Morgan fingerprint density at radius 3 is 2.68 bits per heavy atom. The second kappa shape index (κ2) is 9.84. The van der Waals surface area contributed by atoms with E-state index in [1.54, 1.807) is 42.5 Å². The molecule has 3 aromatic rings. The first kappa shape index (κ1) is 21.2. The molecule has 1 aliphatic rings. The molecule has 0 bridgehead atoms. The van der Waals surface area contributed by atoms with Crippen molar-refractivity contribution < 1.29 is 18.8 Å². The van der Waals surface area contributed by atoms with Crippen LogP contribution in [0.5, 0.6) is 0 Å². The summed E-state index contributed by atoms with van der Waals surface area (Å²) in [4.78, 5) is 32.0. The van der Waals surface area contributed by atoms with Crippen LogP contribution < -0.4 is 5.32 Å². The third kappa shape index (κ3) is 5.36. The first-order chi connectivity index (χ1) is 15.1. The number of amides is 1. The maximum Gasteiger partial charge on any atom is 0.338 e. The molecule has 1 aromatic carbocycles. The largest absolute Gasteiger partial charge is 0.462 e. The molecule has 0 unspecified atom stereocenters. The average molecular weight is 441 g/mol. The van der Waals surface area contributed by atoms with Crippen LogP contribution in [-0.4, -0.2) is 46.6 Å². The highest BCUT2D eigenvalue weighted by molar-refractivity contribution is 7.13. The topological polar surface area (TPSA) is 97.6 Å². The van der Waals surface area contributed by atoms with E-state index in [9.17, 15) is 9.59 Å². The second-order valence-electron chi connectivity index (χ2n) is 7.33. The second-order valence-corrected chi connectivity index (χ2v) is 8.27. The number of aromatic nitrogens is 2. The van der Waals surface area contributed by atoms with Gasteiger partial charge in [0.05, 0.1) is 23.6 Å². The van der Waals surface area contributed by atoms with Crippen LogP contribution in [0.2, 0.25) is 0 Å². The fraction of sp³-hybridized carbons (Fsp3) is 0.364. The molecule has 0 saturated carbocycles. The summed E-state index contributed by atoms with van der Waals surface area (Å²) in [5.74, 6) is 0.796. The number of anilines is 1. The Kier molecular flexibility index (Phi) is 6.73. The molecule has 9 heteroatoms. The first-order valence-corrected chi connectivity index (χ1v) is 11.2. The Morgan fingerprint density at radius 1 is 1.23 bits per heavy atom. The minimum atomic E-state index is -0.364. The minimum Gasteiger partial charge on any atom is -0.462 e. The molecule has 0 radical (unpaired) electrons. The molecule has 0 atom stereocenters. The molecule has 31 heavy (non-hydrogen) atoms. The number of thiophene rings is 1. The molecular weight excluding hydrogens is 416 g/mol. The fourth-order valence-electron chi connectivity index (χ4n) is 3.52. The van der Waals surface area contributed by atoms with Crippen LogP contribution in [0, 0.1) is 5.92 Å². The Labute approximate surface area is 184 Å². The Bertz CT molecular complexity index is 1010. The van der Waals surface area contributed by atoms with Gasteiger partial charge in [0.15, 0.2) is 0 Å². The van der Waals surface area contributed by atoms with Crippen molar-refractivity contribution in [2.75, 3.05) is 25.0 Å². The summed E-state index contributed by atoms with van der Waals surface area (Å²) in [7, 11) is 0. The average Bonchev–Trinajstić information content (AvgIpc) is 3.47. The van der Waals surface area contributed by atoms with Gasteiger partial charge in [-0.2, -0.15) is 4.98 Å². The zero-order chi connectivity index (χ0) is 21.6. The normalized spacial score (nSPS) is 15.0. The summed E-state index contributed by atoms with van der Waals surface area (Å²) in [5.41, 5.74) is 1.14. The number of hydrogen-bond acceptors (Lipinski definition) is 8. The molecule has 1 saturated heterocycles. The number of benzene rings is 1. The third-order valence-electron chi connectivity index (χ3n) is 5.19. The van der Waals surface area contributed by atoms with Gasteiger partial charge in [0.2, 0.25) is 17.6 Å². The van der Waals surface area contributed by atoms with E-state index in [1.807, 2.05) is 17.5 Å². The lowest BCUT2D eigenvalue weighted by Gasteiger charge is -2.30. The maximum atomic E-state index is 12.6. The van der Waals surface area contributed by atoms with Gasteiger partial charge in [0, 0.05) is 11.6 Å². The molecular formula is C22H24N4O4S. The van der Waals surface area contributed by atoms with Crippen molar-refractivity contribution in [3.63, 3.8) is 0 Å². The Hall–Kier alpha value is -3.04. The summed E-state index contributed by atoms with van der Waals surface area (Å²) in [6.45, 7) is 4.26. The summed E-state index contributed by atoms with van der Waals surface area (Å²) in [6, 6.07) is 10.7. The van der Waals surface area contributed by atoms with E-state index in [0.29, 0.717) is 36.1 Å². The summed E-state index contributed by atoms with van der Waals surface area (Å²) >= 11 is 1.58. The van der Waals surface area contributed by atoms with Crippen LogP contribution in [0.4, 0.5) is 5.69 Å². The van der Waals surface area contributed by atoms with Crippen LogP contribution in [-0.2, 0) is 16.1 Å². The molecule has 0 aliphatic carbocycles. The number of ether oxygens (including phenoxy) is 1. The van der Waals surface area contributed by atoms with E-state index in [0.717, 1.165) is 30.8 Å². The van der Waals surface area contributed by atoms with Gasteiger partial charge >= 0.3 is 5.97 Å². The van der Waals surface area contributed by atoms with Crippen LogP contribution in [0.1, 0.15) is 36.0 Å². The van der Waals surface area contributed by atoms with Crippen molar-refractivity contribution in [1.82, 2.24) is 15.0 Å². The van der Waals surface area contributed by atoms with Crippen molar-refractivity contribution in [3.8, 4) is 10.7 Å². The first-order valence-electron chi connectivity index (χ1n) is 10.3. The monoisotopic (exact) mass is 440 g/mol. The number of nitrogens with zero attached hydrogens (tertiary/aromatic N) is 3. The lowest BCUT2D eigenvalue weighted by atomic mass is 9.96. The van der Waals surface area contributed by atoms with Gasteiger partial charge in [-0.05, 0) is 68.6 Å². The SMILES string of the molecule is CCOC(=O)c1ccc(NC(=O)C2CCN(Cc3nc(-c4cccs4)no3)CC2)cc1. The Balaban J connectivity index is 1.25. The van der Waals surface area contributed by atoms with Crippen LogP contribution in [0.25, 0.3) is 10.7 Å². The molecule has 1 aliphatic heterocycles. The van der Waals surface area contributed by atoms with Crippen LogP contribution >= 0.6 is 11.3 Å². The minimum absolute atomic E-state index is 0.00121. The lowest BCUT2D eigenvalue weighted by Crippen LogP contribution is -2.37. The number of rotatable bonds is 7. The van der Waals surface area contributed by atoms with E-state index in [4.69, 9.17) is 9.26 Å². The van der Waals surface area contributed by atoms with Crippen molar-refractivity contribution in [1.29, 1.82) is 0 Å². The molecule has 3 heterocycles. The van der Waals surface area contributed by atoms with Gasteiger partial charge in [0.25, 0.3) is 0 Å². The van der Waals surface area contributed by atoms with Gasteiger partial charge in [-0.15, -0.1) is 11.3 Å². The van der Waals surface area contributed by atoms with Gasteiger partial charge < -0.3 is 14.6 Å². The number of nitrogens with one attached hydrogen (secondary N) is 1. The fourth-order valence-corrected chi connectivity index (χ4v) is 4.17. The number of piperidine rings is 1. The van der Waals surface area contributed by atoms with Crippen molar-refractivity contribution in [2.24, 2.45) is 5.92 Å². The molecule has 1 fully saturated rings. The highest BCUT2D eigenvalue weighted by Gasteiger charge is 2.26. The van der Waals surface area contributed by atoms with Crippen molar-refractivity contribution in [2.45, 2.75) is 26.3 Å². The number of likely N-dealkylation sites (tertiary alicyclic amines) is 1. The Morgan fingerprint density at radius 2 is 2.00 bits per heavy atom. The summed E-state index contributed by atoms with van der Waals surface area (Å²) in [6.07, 6.45) is 1.53. The number of hydrogen-bond donors (Lipinski definition) is 1. The quantitative estimate of drug-likeness (QED) is 0.558. The number of carbonyl (C=O) groups excluding carboxylic acids is 2. The smallest absolute Gasteiger partial charge is 0.338 e. The van der Waals surface area contributed by atoms with E-state index in [-0.39, 0.29) is 17.8 Å². The standard InChI is InChI=1S/C22H24N4O4S/c1-2-29-22(28)16-5-7-17(8-6-16)23-21(27)15-9-11-26(12-10-15)14-19-24-20(25-30-19)18-4-3-13-31-18/h3-8,13,15H,2,9-12,14H2,1H3,(H,23,27). The molecule has 1 N–H and O–H groups in total. The third-order valence-corrected chi connectivity index (χ3v) is 6.06. The van der Waals surface area contributed by atoms with Gasteiger partial charge in [0.1, 0.15) is 0 Å². The molecule has 1 amide bonds. The highest BCUT2D eigenvalue weighted by atomic mass is 32.1. The lowest BCUT2D eigenvalue weighted by molar-refractivity contribution is -0.121. The van der Waals surface area contributed by atoms with E-state index in [2.05, 4.69) is 20.4 Å². The van der Waals surface area contributed by atoms with Crippen LogP contribution in [0.3, 0.4) is 0 Å². The maximum absolute atomic E-state index is 12.6. The van der Waals surface area contributed by atoms with Gasteiger partial charge in [-0.1, -0.05) is 11.2 Å². The number of esters is 1. The van der Waals surface area contributed by atoms with E-state index < -0.39 is 0 Å². The zero-order valence-corrected chi connectivity index (χ0v) is 18.1. The van der Waals surface area contributed by atoms with E-state index in [1.165, 1.54) is 0 Å². The number of carbonyl (C=O) groups is 2. The van der Waals surface area contributed by atoms with Crippen LogP contribution in [0.15, 0.2) is 46.3 Å². The molecule has 162 valence electrons. The zero-order valence-electron chi connectivity index (χ0n) is 17.2. The van der Waals surface area contributed by atoms with Gasteiger partial charge in [-0.25, -0.2) is 4.79 Å². The predicted octanol–water partition coefficient (Wildman–Crippen LogP) is 3.83. The van der Waals surface area contributed by atoms with Gasteiger partial charge in [-0.3, -0.25) is 9.69 Å². The molecule has 8 nitrogen and oxygen atoms in total.